The van der Waals surface area contributed by atoms with Crippen LogP contribution in [0.3, 0.4) is 0 Å². The smallest absolute Gasteiger partial charge is 0.0809 e. The van der Waals surface area contributed by atoms with Crippen LogP contribution in [0.1, 0.15) is 32.1 Å². The summed E-state index contributed by atoms with van der Waals surface area (Å²) in [7, 11) is 0. The molecule has 82 valence electrons. The van der Waals surface area contributed by atoms with Gasteiger partial charge in [-0.25, -0.2) is 0 Å². The molecule has 2 aliphatic rings. The SMILES string of the molecule is SCC1(COCC2CCCO2)CCC1. The van der Waals surface area contributed by atoms with E-state index in [4.69, 9.17) is 9.47 Å². The van der Waals surface area contributed by atoms with Gasteiger partial charge in [-0.15, -0.1) is 0 Å². The van der Waals surface area contributed by atoms with Gasteiger partial charge in [-0.3, -0.25) is 0 Å². The summed E-state index contributed by atoms with van der Waals surface area (Å²) in [6, 6.07) is 0. The first-order valence-corrected chi connectivity index (χ1v) is 6.28. The highest BCUT2D eigenvalue weighted by atomic mass is 32.1. The van der Waals surface area contributed by atoms with Crippen molar-refractivity contribution >= 4 is 12.6 Å². The molecule has 0 aromatic rings. The predicted molar refractivity (Wildman–Crippen MR) is 59.9 cm³/mol. The van der Waals surface area contributed by atoms with Crippen molar-refractivity contribution in [2.45, 2.75) is 38.2 Å². The van der Waals surface area contributed by atoms with Gasteiger partial charge in [0.15, 0.2) is 0 Å². The van der Waals surface area contributed by atoms with Gasteiger partial charge in [-0.05, 0) is 31.4 Å². The Kier molecular flexibility index (Phi) is 3.74. The quantitative estimate of drug-likeness (QED) is 0.711. The lowest BCUT2D eigenvalue weighted by molar-refractivity contribution is -0.0341. The Balaban J connectivity index is 1.61. The Bertz CT molecular complexity index is 169. The van der Waals surface area contributed by atoms with Gasteiger partial charge >= 0.3 is 0 Å². The molecular formula is C11H20O2S. The van der Waals surface area contributed by atoms with E-state index in [1.165, 1.54) is 32.1 Å². The highest BCUT2D eigenvalue weighted by Crippen LogP contribution is 2.41. The number of hydrogen-bond donors (Lipinski definition) is 1. The molecule has 0 spiro atoms. The summed E-state index contributed by atoms with van der Waals surface area (Å²) in [5, 5.41) is 0. The van der Waals surface area contributed by atoms with Crippen molar-refractivity contribution in [3.63, 3.8) is 0 Å². The average molecular weight is 216 g/mol. The summed E-state index contributed by atoms with van der Waals surface area (Å²) >= 11 is 4.40. The lowest BCUT2D eigenvalue weighted by Crippen LogP contribution is -2.37. The highest BCUT2D eigenvalue weighted by Gasteiger charge is 2.36. The third-order valence-corrected chi connectivity index (χ3v) is 4.16. The Morgan fingerprint density at radius 2 is 2.21 bits per heavy atom. The molecule has 1 aliphatic carbocycles. The average Bonchev–Trinajstić information content (AvgIpc) is 2.62. The molecule has 0 aromatic heterocycles. The monoisotopic (exact) mass is 216 g/mol. The molecule has 0 amide bonds. The van der Waals surface area contributed by atoms with Gasteiger partial charge in [-0.2, -0.15) is 12.6 Å². The first kappa shape index (κ1) is 10.8. The van der Waals surface area contributed by atoms with Crippen LogP contribution in [0.15, 0.2) is 0 Å². The second kappa shape index (κ2) is 4.86. The largest absolute Gasteiger partial charge is 0.378 e. The number of hydrogen-bond acceptors (Lipinski definition) is 3. The van der Waals surface area contributed by atoms with Gasteiger partial charge in [0.2, 0.25) is 0 Å². The van der Waals surface area contributed by atoms with Gasteiger partial charge in [0.1, 0.15) is 0 Å². The van der Waals surface area contributed by atoms with Crippen LogP contribution in [0.5, 0.6) is 0 Å². The normalized spacial score (nSPS) is 30.2. The van der Waals surface area contributed by atoms with Gasteiger partial charge in [0.25, 0.3) is 0 Å². The lowest BCUT2D eigenvalue weighted by Gasteiger charge is -2.40. The second-order valence-corrected chi connectivity index (χ2v) is 4.98. The van der Waals surface area contributed by atoms with E-state index >= 15 is 0 Å². The van der Waals surface area contributed by atoms with Crippen LogP contribution in [-0.2, 0) is 9.47 Å². The van der Waals surface area contributed by atoms with E-state index in [1.807, 2.05) is 0 Å². The molecule has 1 atom stereocenters. The zero-order valence-corrected chi connectivity index (χ0v) is 9.60. The summed E-state index contributed by atoms with van der Waals surface area (Å²) in [6.07, 6.45) is 6.68. The molecule has 2 rings (SSSR count). The first-order valence-electron chi connectivity index (χ1n) is 5.65. The minimum atomic E-state index is 0.368. The number of ether oxygens (including phenoxy) is 2. The molecule has 1 aliphatic heterocycles. The maximum Gasteiger partial charge on any atom is 0.0809 e. The Morgan fingerprint density at radius 3 is 2.71 bits per heavy atom. The van der Waals surface area contributed by atoms with Crippen molar-refractivity contribution in [2.24, 2.45) is 5.41 Å². The van der Waals surface area contributed by atoms with Gasteiger partial charge < -0.3 is 9.47 Å². The maximum atomic E-state index is 5.74. The third kappa shape index (κ3) is 2.44. The minimum Gasteiger partial charge on any atom is -0.378 e. The molecule has 0 N–H and O–H groups in total. The van der Waals surface area contributed by atoms with Crippen molar-refractivity contribution in [3.8, 4) is 0 Å². The summed E-state index contributed by atoms with van der Waals surface area (Å²) < 4.78 is 11.3. The molecule has 2 nitrogen and oxygen atoms in total. The molecule has 0 bridgehead atoms. The number of thiol groups is 1. The standard InChI is InChI=1S/C11H20O2S/c14-9-11(4-2-5-11)8-12-7-10-3-1-6-13-10/h10,14H,1-9H2. The van der Waals surface area contributed by atoms with Crippen molar-refractivity contribution in [3.05, 3.63) is 0 Å². The fourth-order valence-corrected chi connectivity index (χ4v) is 2.62. The molecule has 2 fully saturated rings. The van der Waals surface area contributed by atoms with Crippen LogP contribution in [0.4, 0.5) is 0 Å². The summed E-state index contributed by atoms with van der Waals surface area (Å²) in [5.74, 6) is 0.971. The first-order chi connectivity index (χ1) is 6.85. The van der Waals surface area contributed by atoms with Gasteiger partial charge in [-0.1, -0.05) is 6.42 Å². The molecule has 1 saturated carbocycles. The van der Waals surface area contributed by atoms with E-state index in [0.717, 1.165) is 25.6 Å². The van der Waals surface area contributed by atoms with E-state index < -0.39 is 0 Å². The highest BCUT2D eigenvalue weighted by molar-refractivity contribution is 7.80. The molecular weight excluding hydrogens is 196 g/mol. The van der Waals surface area contributed by atoms with Crippen LogP contribution in [-0.4, -0.2) is 31.7 Å². The Morgan fingerprint density at radius 1 is 1.36 bits per heavy atom. The van der Waals surface area contributed by atoms with Crippen LogP contribution in [0.25, 0.3) is 0 Å². The van der Waals surface area contributed by atoms with E-state index in [1.54, 1.807) is 0 Å². The molecule has 3 heteroatoms. The van der Waals surface area contributed by atoms with Crippen LogP contribution in [0, 0.1) is 5.41 Å². The topological polar surface area (TPSA) is 18.5 Å². The molecule has 0 radical (unpaired) electrons. The van der Waals surface area contributed by atoms with E-state index in [2.05, 4.69) is 12.6 Å². The minimum absolute atomic E-state index is 0.368. The van der Waals surface area contributed by atoms with Crippen molar-refractivity contribution in [2.75, 3.05) is 25.6 Å². The molecule has 1 unspecified atom stereocenters. The summed E-state index contributed by atoms with van der Waals surface area (Å²) in [5.41, 5.74) is 0.404. The van der Waals surface area contributed by atoms with Crippen molar-refractivity contribution < 1.29 is 9.47 Å². The lowest BCUT2D eigenvalue weighted by atomic mass is 9.71. The van der Waals surface area contributed by atoms with E-state index in [9.17, 15) is 0 Å². The van der Waals surface area contributed by atoms with Gasteiger partial charge in [0, 0.05) is 12.0 Å². The Labute approximate surface area is 91.8 Å². The Hall–Kier alpha value is 0.270. The zero-order valence-electron chi connectivity index (χ0n) is 8.71. The maximum absolute atomic E-state index is 5.74. The fraction of sp³-hybridized carbons (Fsp3) is 1.00. The third-order valence-electron chi connectivity index (χ3n) is 3.49. The predicted octanol–water partition coefficient (Wildman–Crippen LogP) is 2.28. The van der Waals surface area contributed by atoms with Gasteiger partial charge in [0.05, 0.1) is 19.3 Å². The summed E-state index contributed by atoms with van der Waals surface area (Å²) in [4.78, 5) is 0. The molecule has 1 heterocycles. The molecule has 14 heavy (non-hydrogen) atoms. The van der Waals surface area contributed by atoms with E-state index in [-0.39, 0.29) is 0 Å². The summed E-state index contributed by atoms with van der Waals surface area (Å²) in [6.45, 7) is 2.59. The molecule has 1 saturated heterocycles. The van der Waals surface area contributed by atoms with E-state index in [0.29, 0.717) is 11.5 Å². The van der Waals surface area contributed by atoms with Crippen LogP contribution in [0.2, 0.25) is 0 Å². The van der Waals surface area contributed by atoms with Crippen molar-refractivity contribution in [1.82, 2.24) is 0 Å². The van der Waals surface area contributed by atoms with Crippen molar-refractivity contribution in [1.29, 1.82) is 0 Å². The molecule has 0 aromatic carbocycles. The zero-order chi connectivity index (χ0) is 9.86. The second-order valence-electron chi connectivity index (χ2n) is 4.66. The van der Waals surface area contributed by atoms with Crippen LogP contribution < -0.4 is 0 Å². The van der Waals surface area contributed by atoms with Crippen LogP contribution >= 0.6 is 12.6 Å². The fourth-order valence-electron chi connectivity index (χ4n) is 2.21. The number of rotatable bonds is 5.